The van der Waals surface area contributed by atoms with Crippen LogP contribution in [0.4, 0.5) is 10.5 Å². The summed E-state index contributed by atoms with van der Waals surface area (Å²) in [6.45, 7) is 4.45. The maximum Gasteiger partial charge on any atom is 0.319 e. The molecule has 5 nitrogen and oxygen atoms in total. The monoisotopic (exact) mass is 382 g/mol. The van der Waals surface area contributed by atoms with Gasteiger partial charge in [0.25, 0.3) is 0 Å². The van der Waals surface area contributed by atoms with Crippen molar-refractivity contribution in [1.29, 1.82) is 0 Å². The van der Waals surface area contributed by atoms with Gasteiger partial charge in [-0.05, 0) is 49.2 Å². The smallest absolute Gasteiger partial charge is 0.319 e. The number of methoxy groups -OCH3 is 1. The van der Waals surface area contributed by atoms with Crippen molar-refractivity contribution >= 4 is 34.9 Å². The zero-order valence-corrected chi connectivity index (χ0v) is 15.8. The first kappa shape index (κ1) is 19.2. The number of urea groups is 1. The van der Waals surface area contributed by atoms with Gasteiger partial charge in [0.05, 0.1) is 19.3 Å². The van der Waals surface area contributed by atoms with Gasteiger partial charge in [-0.25, -0.2) is 4.79 Å². The molecule has 2 N–H and O–H groups in total. The van der Waals surface area contributed by atoms with E-state index in [1.807, 2.05) is 19.9 Å². The van der Waals surface area contributed by atoms with Crippen LogP contribution in [-0.4, -0.2) is 26.3 Å². The number of anilines is 1. The van der Waals surface area contributed by atoms with Crippen molar-refractivity contribution < 1.29 is 14.3 Å². The first-order chi connectivity index (χ1) is 11.9. The number of carbonyl (C=O) groups excluding carboxylic acids is 1. The Labute approximate surface area is 157 Å². The second kappa shape index (κ2) is 8.83. The number of amides is 2. The second-order valence-electron chi connectivity index (χ2n) is 5.44. The number of benzene rings is 2. The van der Waals surface area contributed by atoms with Gasteiger partial charge in [0, 0.05) is 16.1 Å². The Bertz CT molecular complexity index is 766. The molecule has 0 heterocycles. The van der Waals surface area contributed by atoms with Crippen LogP contribution in [0.15, 0.2) is 30.3 Å². The third-order valence-corrected chi connectivity index (χ3v) is 4.35. The van der Waals surface area contributed by atoms with Gasteiger partial charge in [0.2, 0.25) is 0 Å². The molecule has 2 rings (SSSR count). The predicted molar refractivity (Wildman–Crippen MR) is 101 cm³/mol. The van der Waals surface area contributed by atoms with E-state index in [-0.39, 0.29) is 6.03 Å². The summed E-state index contributed by atoms with van der Waals surface area (Å²) in [6, 6.07) is 8.49. The van der Waals surface area contributed by atoms with Crippen molar-refractivity contribution in [2.45, 2.75) is 13.8 Å². The molecule has 2 amide bonds. The van der Waals surface area contributed by atoms with Crippen LogP contribution in [0.2, 0.25) is 10.0 Å². The van der Waals surface area contributed by atoms with Gasteiger partial charge in [0.1, 0.15) is 18.1 Å². The van der Waals surface area contributed by atoms with Gasteiger partial charge >= 0.3 is 6.03 Å². The Hall–Kier alpha value is -2.11. The van der Waals surface area contributed by atoms with E-state index in [0.29, 0.717) is 40.4 Å². The van der Waals surface area contributed by atoms with E-state index in [1.54, 1.807) is 24.3 Å². The van der Waals surface area contributed by atoms with Crippen molar-refractivity contribution in [2.24, 2.45) is 0 Å². The average Bonchev–Trinajstić information content (AvgIpc) is 2.58. The number of hydrogen-bond donors (Lipinski definition) is 2. The molecule has 0 saturated heterocycles. The molecule has 7 heteroatoms. The molecule has 0 aliphatic heterocycles. The Balaban J connectivity index is 1.83. The topological polar surface area (TPSA) is 59.6 Å². The standard InChI is InChI=1S/C18H20Cl2N2O3/c1-11-8-13(4-5-14(11)19)25-7-6-21-18(23)22-16-9-12(2)15(20)10-17(16)24-3/h4-5,8-10H,6-7H2,1-3H3,(H2,21,22,23). The normalized spacial score (nSPS) is 10.3. The van der Waals surface area contributed by atoms with E-state index in [1.165, 1.54) is 7.11 Å². The first-order valence-electron chi connectivity index (χ1n) is 7.68. The maximum absolute atomic E-state index is 12.0. The van der Waals surface area contributed by atoms with Crippen LogP contribution >= 0.6 is 23.2 Å². The summed E-state index contributed by atoms with van der Waals surface area (Å²) < 4.78 is 10.8. The molecule has 0 bridgehead atoms. The van der Waals surface area contributed by atoms with Gasteiger partial charge in [-0.1, -0.05) is 23.2 Å². The molecular formula is C18H20Cl2N2O3. The van der Waals surface area contributed by atoms with Crippen LogP contribution in [0.25, 0.3) is 0 Å². The lowest BCUT2D eigenvalue weighted by atomic mass is 10.2. The highest BCUT2D eigenvalue weighted by molar-refractivity contribution is 6.31. The Morgan fingerprint density at radius 3 is 2.48 bits per heavy atom. The number of nitrogens with one attached hydrogen (secondary N) is 2. The zero-order valence-electron chi connectivity index (χ0n) is 14.3. The lowest BCUT2D eigenvalue weighted by Gasteiger charge is -2.13. The van der Waals surface area contributed by atoms with Crippen molar-refractivity contribution in [2.75, 3.05) is 25.6 Å². The molecule has 2 aromatic carbocycles. The molecule has 0 atom stereocenters. The van der Waals surface area contributed by atoms with Gasteiger partial charge in [-0.3, -0.25) is 0 Å². The molecule has 2 aromatic rings. The molecule has 25 heavy (non-hydrogen) atoms. The molecule has 0 fully saturated rings. The van der Waals surface area contributed by atoms with Crippen molar-refractivity contribution in [1.82, 2.24) is 5.32 Å². The quantitative estimate of drug-likeness (QED) is 0.704. The van der Waals surface area contributed by atoms with E-state index in [0.717, 1.165) is 11.1 Å². The van der Waals surface area contributed by atoms with E-state index >= 15 is 0 Å². The predicted octanol–water partition coefficient (Wildman–Crippen LogP) is 4.82. The minimum atomic E-state index is -0.351. The van der Waals surface area contributed by atoms with Crippen LogP contribution in [0.3, 0.4) is 0 Å². The molecule has 0 radical (unpaired) electrons. The summed E-state index contributed by atoms with van der Waals surface area (Å²) in [5.74, 6) is 1.21. The highest BCUT2D eigenvalue weighted by Gasteiger charge is 2.10. The summed E-state index contributed by atoms with van der Waals surface area (Å²) >= 11 is 12.0. The molecule has 0 aromatic heterocycles. The zero-order chi connectivity index (χ0) is 18.4. The van der Waals surface area contributed by atoms with Crippen molar-refractivity contribution in [3.63, 3.8) is 0 Å². The minimum Gasteiger partial charge on any atom is -0.495 e. The lowest BCUT2D eigenvalue weighted by molar-refractivity contribution is 0.247. The van der Waals surface area contributed by atoms with Gasteiger partial charge < -0.3 is 20.1 Å². The van der Waals surface area contributed by atoms with E-state index in [9.17, 15) is 4.79 Å². The van der Waals surface area contributed by atoms with Crippen LogP contribution in [0.5, 0.6) is 11.5 Å². The van der Waals surface area contributed by atoms with Crippen molar-refractivity contribution in [3.05, 3.63) is 51.5 Å². The Kier molecular flexibility index (Phi) is 6.79. The van der Waals surface area contributed by atoms with E-state index in [2.05, 4.69) is 10.6 Å². The lowest BCUT2D eigenvalue weighted by Crippen LogP contribution is -2.32. The molecule has 134 valence electrons. The highest BCUT2D eigenvalue weighted by Crippen LogP contribution is 2.30. The van der Waals surface area contributed by atoms with Crippen LogP contribution in [0.1, 0.15) is 11.1 Å². The number of rotatable bonds is 6. The summed E-state index contributed by atoms with van der Waals surface area (Å²) in [4.78, 5) is 12.0. The fourth-order valence-electron chi connectivity index (χ4n) is 2.14. The molecule has 0 saturated carbocycles. The van der Waals surface area contributed by atoms with E-state index in [4.69, 9.17) is 32.7 Å². The third-order valence-electron chi connectivity index (χ3n) is 3.51. The SMILES string of the molecule is COc1cc(Cl)c(C)cc1NC(=O)NCCOc1ccc(Cl)c(C)c1. The van der Waals surface area contributed by atoms with Gasteiger partial charge in [0.15, 0.2) is 0 Å². The number of hydrogen-bond acceptors (Lipinski definition) is 3. The fourth-order valence-corrected chi connectivity index (χ4v) is 2.41. The molecule has 0 aliphatic rings. The largest absolute Gasteiger partial charge is 0.495 e. The number of carbonyl (C=O) groups is 1. The second-order valence-corrected chi connectivity index (χ2v) is 6.26. The van der Waals surface area contributed by atoms with Crippen LogP contribution < -0.4 is 20.1 Å². The van der Waals surface area contributed by atoms with Crippen LogP contribution in [0, 0.1) is 13.8 Å². The van der Waals surface area contributed by atoms with E-state index < -0.39 is 0 Å². The van der Waals surface area contributed by atoms with Gasteiger partial charge in [-0.2, -0.15) is 0 Å². The fraction of sp³-hybridized carbons (Fsp3) is 0.278. The highest BCUT2D eigenvalue weighted by atomic mass is 35.5. The third kappa shape index (κ3) is 5.44. The Morgan fingerprint density at radius 2 is 1.80 bits per heavy atom. The summed E-state index contributed by atoms with van der Waals surface area (Å²) in [6.07, 6.45) is 0. The van der Waals surface area contributed by atoms with Crippen LogP contribution in [-0.2, 0) is 0 Å². The molecule has 0 unspecified atom stereocenters. The van der Waals surface area contributed by atoms with Gasteiger partial charge in [-0.15, -0.1) is 0 Å². The Morgan fingerprint density at radius 1 is 1.08 bits per heavy atom. The molecule has 0 spiro atoms. The minimum absolute atomic E-state index is 0.339. The average molecular weight is 383 g/mol. The maximum atomic E-state index is 12.0. The number of ether oxygens (including phenoxy) is 2. The first-order valence-corrected chi connectivity index (χ1v) is 8.44. The van der Waals surface area contributed by atoms with Crippen molar-refractivity contribution in [3.8, 4) is 11.5 Å². The number of halogens is 2. The summed E-state index contributed by atoms with van der Waals surface area (Å²) in [5, 5.41) is 6.73. The number of aryl methyl sites for hydroxylation is 2. The summed E-state index contributed by atoms with van der Waals surface area (Å²) in [5.41, 5.74) is 2.34. The molecule has 0 aliphatic carbocycles. The summed E-state index contributed by atoms with van der Waals surface area (Å²) in [7, 11) is 1.52. The molecular weight excluding hydrogens is 363 g/mol.